The molecule has 0 amide bonds. The Hall–Kier alpha value is -3.65. The highest BCUT2D eigenvalue weighted by atomic mass is 19.4. The number of ether oxygens (including phenoxy) is 1. The van der Waals surface area contributed by atoms with Crippen molar-refractivity contribution in [2.75, 3.05) is 11.9 Å². The molecule has 188 valence electrons. The summed E-state index contributed by atoms with van der Waals surface area (Å²) < 4.78 is 115. The lowest BCUT2D eigenvalue weighted by Crippen LogP contribution is -2.36. The number of furan rings is 1. The van der Waals surface area contributed by atoms with E-state index >= 15 is 0 Å². The second-order valence-electron chi connectivity index (χ2n) is 7.96. The molecule has 0 radical (unpaired) electrons. The number of benzene rings is 1. The molecule has 2 heterocycles. The smallest absolute Gasteiger partial charge is 0.420 e. The molecule has 1 aliphatic carbocycles. The van der Waals surface area contributed by atoms with Crippen molar-refractivity contribution in [1.82, 2.24) is 20.6 Å². The third-order valence-corrected chi connectivity index (χ3v) is 5.26. The van der Waals surface area contributed by atoms with Gasteiger partial charge in [-0.15, -0.1) is 10.2 Å². The van der Waals surface area contributed by atoms with Crippen LogP contribution in [0, 0.1) is 5.41 Å². The summed E-state index contributed by atoms with van der Waals surface area (Å²) in [6.45, 7) is -1.81. The molecule has 4 rings (SSSR count). The standard InChI is InChI=1S/C20H15F8N5O2/c1-18(8-29-9-2-3-12(35-17(21)22)11(6-9)19(23,24)25)5-4-10-13(7-18)34-15(14(10)20(26,27)28)16-30-32-33-31-16/h2-4,6-7,17,29H,5,8H2,1H3,(H,30,31,32,33). The Morgan fingerprint density at radius 1 is 1.17 bits per heavy atom. The van der Waals surface area contributed by atoms with Crippen molar-refractivity contribution in [3.05, 3.63) is 40.0 Å². The number of aromatic nitrogens is 4. The van der Waals surface area contributed by atoms with E-state index < -0.39 is 47.0 Å². The van der Waals surface area contributed by atoms with Gasteiger partial charge in [0.25, 0.3) is 0 Å². The molecular weight excluding hydrogens is 494 g/mol. The van der Waals surface area contributed by atoms with E-state index in [2.05, 4.69) is 30.7 Å². The van der Waals surface area contributed by atoms with Crippen molar-refractivity contribution in [1.29, 1.82) is 0 Å². The summed E-state index contributed by atoms with van der Waals surface area (Å²) in [5.41, 5.74) is -3.50. The molecular formula is C20H15F8N5O2. The number of H-pyrrole nitrogens is 1. The number of anilines is 1. The van der Waals surface area contributed by atoms with Gasteiger partial charge in [0.15, 0.2) is 5.76 Å². The minimum Gasteiger partial charge on any atom is -0.452 e. The maximum Gasteiger partial charge on any atom is 0.420 e. The van der Waals surface area contributed by atoms with Crippen molar-refractivity contribution in [2.45, 2.75) is 32.3 Å². The Kier molecular flexibility index (Phi) is 5.97. The van der Waals surface area contributed by atoms with Gasteiger partial charge < -0.3 is 14.5 Å². The first-order valence-electron chi connectivity index (χ1n) is 9.84. The second kappa shape index (κ2) is 8.53. The maximum atomic E-state index is 13.7. The first kappa shape index (κ1) is 24.5. The van der Waals surface area contributed by atoms with E-state index in [4.69, 9.17) is 4.42 Å². The summed E-state index contributed by atoms with van der Waals surface area (Å²) in [5, 5.41) is 14.9. The van der Waals surface area contributed by atoms with Gasteiger partial charge in [-0.25, -0.2) is 0 Å². The Labute approximate surface area is 190 Å². The van der Waals surface area contributed by atoms with Gasteiger partial charge in [0.1, 0.15) is 16.7 Å². The van der Waals surface area contributed by atoms with Crippen LogP contribution >= 0.6 is 0 Å². The zero-order valence-corrected chi connectivity index (χ0v) is 17.6. The van der Waals surface area contributed by atoms with Crippen molar-refractivity contribution >= 4 is 17.8 Å². The highest BCUT2D eigenvalue weighted by Crippen LogP contribution is 2.39. The van der Waals surface area contributed by atoms with E-state index in [1.165, 1.54) is 12.2 Å². The number of fused-ring (bicyclic) bond motifs is 1. The van der Waals surface area contributed by atoms with Crippen LogP contribution in [-0.2, 0) is 12.4 Å². The second-order valence-corrected chi connectivity index (χ2v) is 7.96. The lowest BCUT2D eigenvalue weighted by Gasteiger charge is -2.27. The normalized spacial score (nSPS) is 18.1. The third-order valence-electron chi connectivity index (χ3n) is 5.26. The number of aromatic amines is 1. The fourth-order valence-corrected chi connectivity index (χ4v) is 3.67. The molecule has 2 aromatic heterocycles. The molecule has 2 N–H and O–H groups in total. The first-order chi connectivity index (χ1) is 16.3. The number of alkyl halides is 8. The number of rotatable bonds is 6. The largest absolute Gasteiger partial charge is 0.452 e. The molecule has 0 aliphatic heterocycles. The summed E-state index contributed by atoms with van der Waals surface area (Å²) in [4.78, 5) is 0. The van der Waals surface area contributed by atoms with E-state index in [0.29, 0.717) is 6.07 Å². The van der Waals surface area contributed by atoms with Crippen LogP contribution in [0.15, 0.2) is 22.6 Å². The Bertz CT molecular complexity index is 1330. The summed E-state index contributed by atoms with van der Waals surface area (Å²) in [5.74, 6) is -2.04. The fraction of sp³-hybridized carbons (Fsp3) is 0.350. The topological polar surface area (TPSA) is 88.9 Å². The fourth-order valence-electron chi connectivity index (χ4n) is 3.67. The van der Waals surface area contributed by atoms with Gasteiger partial charge in [0.2, 0.25) is 5.82 Å². The lowest BCUT2D eigenvalue weighted by atomic mass is 9.83. The number of nitrogens with zero attached hydrogens (tertiary/aromatic N) is 3. The summed E-state index contributed by atoms with van der Waals surface area (Å²) >= 11 is 0. The lowest BCUT2D eigenvalue weighted by molar-refractivity contribution is -0.142. The molecule has 7 nitrogen and oxygen atoms in total. The number of tetrazole rings is 1. The molecule has 3 aromatic rings. The molecule has 0 saturated heterocycles. The molecule has 1 unspecified atom stereocenters. The summed E-state index contributed by atoms with van der Waals surface area (Å²) in [6.07, 6.45) is -6.92. The third kappa shape index (κ3) is 5.07. The van der Waals surface area contributed by atoms with Gasteiger partial charge in [-0.2, -0.15) is 40.3 Å². The Morgan fingerprint density at radius 3 is 2.51 bits per heavy atom. The van der Waals surface area contributed by atoms with Gasteiger partial charge in [0, 0.05) is 22.9 Å². The van der Waals surface area contributed by atoms with Gasteiger partial charge in [0.05, 0.1) is 5.56 Å². The molecule has 1 aromatic carbocycles. The number of hydrogen-bond donors (Lipinski definition) is 2. The summed E-state index contributed by atoms with van der Waals surface area (Å²) in [7, 11) is 0. The van der Waals surface area contributed by atoms with Gasteiger partial charge in [-0.1, -0.05) is 13.0 Å². The minimum absolute atomic E-state index is 0.0190. The average Bonchev–Trinajstić information content (AvgIpc) is 3.38. The number of nitrogens with one attached hydrogen (secondary N) is 2. The zero-order valence-electron chi connectivity index (χ0n) is 17.6. The van der Waals surface area contributed by atoms with Gasteiger partial charge in [-0.05, 0) is 35.9 Å². The molecule has 15 heteroatoms. The van der Waals surface area contributed by atoms with Crippen molar-refractivity contribution < 1.29 is 44.3 Å². The molecule has 0 fully saturated rings. The highest BCUT2D eigenvalue weighted by molar-refractivity contribution is 5.59. The number of hydrogen-bond acceptors (Lipinski definition) is 6. The van der Waals surface area contributed by atoms with Crippen LogP contribution in [0.1, 0.15) is 24.5 Å². The summed E-state index contributed by atoms with van der Waals surface area (Å²) in [6, 6.07) is 2.49. The molecule has 0 spiro atoms. The van der Waals surface area contributed by atoms with Crippen LogP contribution in [0.4, 0.5) is 40.8 Å². The van der Waals surface area contributed by atoms with Crippen molar-refractivity contribution in [2.24, 2.45) is 5.41 Å². The van der Waals surface area contributed by atoms with E-state index in [-0.39, 0.29) is 35.1 Å². The first-order valence-corrected chi connectivity index (χ1v) is 9.84. The zero-order chi connectivity index (χ0) is 25.6. The van der Waals surface area contributed by atoms with Crippen molar-refractivity contribution in [3.8, 4) is 17.3 Å². The van der Waals surface area contributed by atoms with E-state index in [1.54, 1.807) is 6.92 Å². The van der Waals surface area contributed by atoms with Crippen LogP contribution in [-0.4, -0.2) is 33.8 Å². The van der Waals surface area contributed by atoms with Crippen LogP contribution in [0.2, 0.25) is 0 Å². The molecule has 1 atom stereocenters. The highest BCUT2D eigenvalue weighted by Gasteiger charge is 2.41. The van der Waals surface area contributed by atoms with Gasteiger partial charge >= 0.3 is 19.0 Å². The monoisotopic (exact) mass is 509 g/mol. The van der Waals surface area contributed by atoms with Crippen LogP contribution in [0.3, 0.4) is 0 Å². The van der Waals surface area contributed by atoms with E-state index in [9.17, 15) is 35.1 Å². The number of halogens is 8. The maximum absolute atomic E-state index is 13.7. The Balaban J connectivity index is 1.64. The van der Waals surface area contributed by atoms with E-state index in [1.807, 2.05) is 0 Å². The van der Waals surface area contributed by atoms with Crippen LogP contribution in [0.5, 0.6) is 5.75 Å². The molecule has 35 heavy (non-hydrogen) atoms. The van der Waals surface area contributed by atoms with Crippen LogP contribution < -0.4 is 20.7 Å². The minimum atomic E-state index is -4.96. The quantitative estimate of drug-likeness (QED) is 0.485. The molecule has 1 aliphatic rings. The predicted molar refractivity (Wildman–Crippen MR) is 104 cm³/mol. The molecule has 0 bridgehead atoms. The predicted octanol–water partition coefficient (Wildman–Crippen LogP) is 4.18. The van der Waals surface area contributed by atoms with Crippen LogP contribution in [0.25, 0.3) is 23.7 Å². The van der Waals surface area contributed by atoms with Gasteiger partial charge in [-0.3, -0.25) is 0 Å². The Morgan fingerprint density at radius 2 is 1.91 bits per heavy atom. The van der Waals surface area contributed by atoms with Crippen molar-refractivity contribution in [3.63, 3.8) is 0 Å². The average molecular weight is 509 g/mol. The van der Waals surface area contributed by atoms with E-state index in [0.717, 1.165) is 12.1 Å². The SMILES string of the molecule is CC1(CNc2ccc(OC(F)F)c(C(F)(F)F)c2)C=c2oc(-c3nn[nH]n3)c(C(F)(F)F)c2=CC1. The molecule has 0 saturated carbocycles.